The summed E-state index contributed by atoms with van der Waals surface area (Å²) in [6, 6.07) is 8.90. The van der Waals surface area contributed by atoms with Gasteiger partial charge in [-0.25, -0.2) is 0 Å². The van der Waals surface area contributed by atoms with Gasteiger partial charge in [-0.15, -0.1) is 24.0 Å². The highest BCUT2D eigenvalue weighted by Gasteiger charge is 2.12. The first-order valence-corrected chi connectivity index (χ1v) is 7.01. The molecule has 0 heterocycles. The Morgan fingerprint density at radius 2 is 1.70 bits per heavy atom. The van der Waals surface area contributed by atoms with Gasteiger partial charge in [0, 0.05) is 20.1 Å². The number of benzene rings is 1. The molecular weight excluding hydrogens is 361 g/mol. The molecule has 0 fully saturated rings. The van der Waals surface area contributed by atoms with Crippen LogP contribution in [0, 0.1) is 0 Å². The molecule has 0 amide bonds. The predicted molar refractivity (Wildman–Crippen MR) is 99.3 cm³/mol. The van der Waals surface area contributed by atoms with Crippen LogP contribution in [0.2, 0.25) is 0 Å². The van der Waals surface area contributed by atoms with Crippen molar-refractivity contribution in [3.8, 4) is 0 Å². The number of halogens is 1. The van der Waals surface area contributed by atoms with Crippen LogP contribution in [0.5, 0.6) is 0 Å². The van der Waals surface area contributed by atoms with E-state index in [0.717, 1.165) is 25.5 Å². The molecule has 114 valence electrons. The van der Waals surface area contributed by atoms with Crippen LogP contribution in [0.15, 0.2) is 29.3 Å². The Kier molecular flexibility index (Phi) is 8.85. The molecule has 0 radical (unpaired) electrons. The van der Waals surface area contributed by atoms with Crippen LogP contribution in [0.4, 0.5) is 0 Å². The molecule has 0 bridgehead atoms. The maximum absolute atomic E-state index is 4.15. The van der Waals surface area contributed by atoms with Gasteiger partial charge < -0.3 is 10.6 Å². The van der Waals surface area contributed by atoms with E-state index in [1.165, 1.54) is 11.1 Å². The highest BCUT2D eigenvalue weighted by Crippen LogP contribution is 2.22. The molecule has 3 nitrogen and oxygen atoms in total. The van der Waals surface area contributed by atoms with Crippen molar-refractivity contribution in [1.82, 2.24) is 10.6 Å². The van der Waals surface area contributed by atoms with E-state index in [1.807, 2.05) is 0 Å². The molecule has 0 saturated heterocycles. The van der Waals surface area contributed by atoms with Crippen LogP contribution in [-0.4, -0.2) is 26.1 Å². The molecule has 0 atom stereocenters. The normalized spacial score (nSPS) is 11.8. The van der Waals surface area contributed by atoms with Crippen molar-refractivity contribution in [2.24, 2.45) is 4.99 Å². The van der Waals surface area contributed by atoms with Crippen LogP contribution in [0.25, 0.3) is 0 Å². The highest BCUT2D eigenvalue weighted by atomic mass is 127. The molecule has 0 spiro atoms. The molecule has 0 unspecified atom stereocenters. The Morgan fingerprint density at radius 3 is 2.15 bits per heavy atom. The number of nitrogens with one attached hydrogen (secondary N) is 2. The zero-order valence-corrected chi connectivity index (χ0v) is 15.6. The molecule has 0 aliphatic carbocycles. The minimum absolute atomic E-state index is 0. The lowest BCUT2D eigenvalue weighted by molar-refractivity contribution is 0.590. The Hall–Kier alpha value is -0.780. The largest absolute Gasteiger partial charge is 0.357 e. The molecule has 1 aromatic carbocycles. The number of aliphatic imine (C=N–C) groups is 1. The summed E-state index contributed by atoms with van der Waals surface area (Å²) in [6.07, 6.45) is 1.01. The maximum Gasteiger partial charge on any atom is 0.190 e. The number of hydrogen-bond donors (Lipinski definition) is 2. The zero-order chi connectivity index (χ0) is 14.3. The molecule has 0 aromatic heterocycles. The molecule has 0 saturated carbocycles. The van der Waals surface area contributed by atoms with Gasteiger partial charge in [-0.1, -0.05) is 45.0 Å². The molecule has 1 aromatic rings. The minimum atomic E-state index is 0. The van der Waals surface area contributed by atoms with Crippen molar-refractivity contribution in [2.45, 2.75) is 39.5 Å². The van der Waals surface area contributed by atoms with Gasteiger partial charge in [0.05, 0.1) is 0 Å². The van der Waals surface area contributed by atoms with Crippen molar-refractivity contribution >= 4 is 29.9 Å². The van der Waals surface area contributed by atoms with E-state index in [9.17, 15) is 0 Å². The summed E-state index contributed by atoms with van der Waals surface area (Å²) >= 11 is 0. The predicted octanol–water partition coefficient (Wildman–Crippen LogP) is 3.33. The van der Waals surface area contributed by atoms with Gasteiger partial charge >= 0.3 is 0 Å². The third-order valence-electron chi connectivity index (χ3n) is 3.09. The molecule has 20 heavy (non-hydrogen) atoms. The van der Waals surface area contributed by atoms with Crippen LogP contribution in [0.3, 0.4) is 0 Å². The first-order chi connectivity index (χ1) is 8.97. The summed E-state index contributed by atoms with van der Waals surface area (Å²) in [5, 5.41) is 6.49. The number of nitrogens with zero attached hydrogens (tertiary/aromatic N) is 1. The summed E-state index contributed by atoms with van der Waals surface area (Å²) in [7, 11) is 1.79. The van der Waals surface area contributed by atoms with Gasteiger partial charge in [0.25, 0.3) is 0 Å². The SMILES string of the molecule is CCNC(=NC)NCCc1ccc(C(C)(C)C)cc1.I. The fraction of sp³-hybridized carbons (Fsp3) is 0.562. The smallest absolute Gasteiger partial charge is 0.190 e. The van der Waals surface area contributed by atoms with Crippen LogP contribution >= 0.6 is 24.0 Å². The first-order valence-electron chi connectivity index (χ1n) is 7.01. The van der Waals surface area contributed by atoms with Gasteiger partial charge in [0.1, 0.15) is 0 Å². The van der Waals surface area contributed by atoms with Crippen LogP contribution in [-0.2, 0) is 11.8 Å². The lowest BCUT2D eigenvalue weighted by Crippen LogP contribution is -2.38. The second-order valence-electron chi connectivity index (χ2n) is 5.73. The lowest BCUT2D eigenvalue weighted by Gasteiger charge is -2.19. The molecule has 0 aliphatic rings. The van der Waals surface area contributed by atoms with E-state index in [-0.39, 0.29) is 29.4 Å². The lowest BCUT2D eigenvalue weighted by atomic mass is 9.86. The Labute approximate surface area is 140 Å². The summed E-state index contributed by atoms with van der Waals surface area (Å²) in [5.74, 6) is 0.869. The van der Waals surface area contributed by atoms with Gasteiger partial charge in [0.2, 0.25) is 0 Å². The summed E-state index contributed by atoms with van der Waals surface area (Å²) < 4.78 is 0. The van der Waals surface area contributed by atoms with Crippen molar-refractivity contribution in [3.63, 3.8) is 0 Å². The maximum atomic E-state index is 4.15. The molecule has 0 aliphatic heterocycles. The number of rotatable bonds is 4. The highest BCUT2D eigenvalue weighted by molar-refractivity contribution is 14.0. The van der Waals surface area contributed by atoms with Crippen LogP contribution in [0.1, 0.15) is 38.8 Å². The van der Waals surface area contributed by atoms with Gasteiger partial charge in [0.15, 0.2) is 5.96 Å². The van der Waals surface area contributed by atoms with Gasteiger partial charge in [-0.3, -0.25) is 4.99 Å². The fourth-order valence-corrected chi connectivity index (χ4v) is 1.88. The summed E-state index contributed by atoms with van der Waals surface area (Å²) in [4.78, 5) is 4.15. The molecule has 1 rings (SSSR count). The Balaban J connectivity index is 0.00000361. The van der Waals surface area contributed by atoms with Crippen molar-refractivity contribution in [1.29, 1.82) is 0 Å². The van der Waals surface area contributed by atoms with E-state index >= 15 is 0 Å². The Morgan fingerprint density at radius 1 is 1.10 bits per heavy atom. The second-order valence-corrected chi connectivity index (χ2v) is 5.73. The van der Waals surface area contributed by atoms with Crippen molar-refractivity contribution in [3.05, 3.63) is 35.4 Å². The quantitative estimate of drug-likeness (QED) is 0.471. The third-order valence-corrected chi connectivity index (χ3v) is 3.09. The van der Waals surface area contributed by atoms with Gasteiger partial charge in [-0.2, -0.15) is 0 Å². The second kappa shape index (κ2) is 9.21. The molecule has 2 N–H and O–H groups in total. The monoisotopic (exact) mass is 389 g/mol. The molecule has 4 heteroatoms. The summed E-state index contributed by atoms with van der Waals surface area (Å²) in [6.45, 7) is 10.6. The Bertz CT molecular complexity index is 405. The van der Waals surface area contributed by atoms with Gasteiger partial charge in [-0.05, 0) is 29.9 Å². The average molecular weight is 389 g/mol. The average Bonchev–Trinajstić information content (AvgIpc) is 2.37. The van der Waals surface area contributed by atoms with Crippen LogP contribution < -0.4 is 10.6 Å². The van der Waals surface area contributed by atoms with E-state index in [1.54, 1.807) is 7.05 Å². The molecular formula is C16H28IN3. The van der Waals surface area contributed by atoms with E-state index in [4.69, 9.17) is 0 Å². The van der Waals surface area contributed by atoms with E-state index < -0.39 is 0 Å². The number of guanidine groups is 1. The summed E-state index contributed by atoms with van der Waals surface area (Å²) in [5.41, 5.74) is 2.96. The van der Waals surface area contributed by atoms with E-state index in [2.05, 4.69) is 67.6 Å². The van der Waals surface area contributed by atoms with Crippen molar-refractivity contribution in [2.75, 3.05) is 20.1 Å². The van der Waals surface area contributed by atoms with Crippen molar-refractivity contribution < 1.29 is 0 Å². The zero-order valence-electron chi connectivity index (χ0n) is 13.3. The number of hydrogen-bond acceptors (Lipinski definition) is 1. The fourth-order valence-electron chi connectivity index (χ4n) is 1.88. The minimum Gasteiger partial charge on any atom is -0.357 e. The first kappa shape index (κ1) is 19.2. The standard InChI is InChI=1S/C16H27N3.HI/c1-6-18-15(17-5)19-12-11-13-7-9-14(10-8-13)16(2,3)4;/h7-10H,6,11-12H2,1-5H3,(H2,17,18,19);1H. The third kappa shape index (κ3) is 6.59. The topological polar surface area (TPSA) is 36.4 Å². The van der Waals surface area contributed by atoms with E-state index in [0.29, 0.717) is 0 Å².